The summed E-state index contributed by atoms with van der Waals surface area (Å²) in [5.41, 5.74) is 0. The van der Waals surface area contributed by atoms with Gasteiger partial charge in [-0.15, -0.1) is 0 Å². The molecule has 1 saturated carbocycles. The molecular weight excluding hydrogens is 170 g/mol. The van der Waals surface area contributed by atoms with Crippen LogP contribution in [0.15, 0.2) is 0 Å². The molecule has 0 aromatic heterocycles. The van der Waals surface area contributed by atoms with Gasteiger partial charge in [-0.25, -0.2) is 0 Å². The lowest BCUT2D eigenvalue weighted by Crippen LogP contribution is -2.50. The zero-order valence-corrected chi connectivity index (χ0v) is 9.76. The van der Waals surface area contributed by atoms with Crippen LogP contribution in [0, 0.1) is 11.8 Å². The van der Waals surface area contributed by atoms with Crippen LogP contribution in [0.25, 0.3) is 0 Å². The molecule has 0 bridgehead atoms. The minimum atomic E-state index is 0.775. The molecule has 1 aliphatic heterocycles. The molecule has 0 aromatic carbocycles. The summed E-state index contributed by atoms with van der Waals surface area (Å²) < 4.78 is 0. The number of fused-ring (bicyclic) bond motifs is 1. The van der Waals surface area contributed by atoms with E-state index in [0.717, 1.165) is 23.9 Å². The van der Waals surface area contributed by atoms with Crippen molar-refractivity contribution in [1.29, 1.82) is 0 Å². The van der Waals surface area contributed by atoms with Crippen LogP contribution in [-0.2, 0) is 0 Å². The highest BCUT2D eigenvalue weighted by Crippen LogP contribution is 2.38. The summed E-state index contributed by atoms with van der Waals surface area (Å²) >= 11 is 0. The molecule has 4 unspecified atom stereocenters. The molecule has 1 heterocycles. The fraction of sp³-hybridized carbons (Fsp3) is 1.00. The van der Waals surface area contributed by atoms with E-state index in [1.807, 2.05) is 0 Å². The molecule has 0 amide bonds. The molecule has 2 rings (SSSR count). The molecule has 1 N–H and O–H groups in total. The van der Waals surface area contributed by atoms with Crippen LogP contribution < -0.4 is 5.32 Å². The minimum absolute atomic E-state index is 0.775. The van der Waals surface area contributed by atoms with Gasteiger partial charge in [-0.05, 0) is 38.0 Å². The molecule has 1 nitrogen and oxygen atoms in total. The van der Waals surface area contributed by atoms with E-state index in [-0.39, 0.29) is 0 Å². The van der Waals surface area contributed by atoms with Crippen molar-refractivity contribution < 1.29 is 0 Å². The first-order valence-corrected chi connectivity index (χ1v) is 6.57. The van der Waals surface area contributed by atoms with Gasteiger partial charge in [-0.2, -0.15) is 0 Å². The van der Waals surface area contributed by atoms with Crippen molar-refractivity contribution in [3.8, 4) is 0 Å². The molecule has 4 atom stereocenters. The highest BCUT2D eigenvalue weighted by atomic mass is 15.0. The maximum Gasteiger partial charge on any atom is 0.0100 e. The van der Waals surface area contributed by atoms with Crippen molar-refractivity contribution in [2.24, 2.45) is 11.8 Å². The number of nitrogens with one attached hydrogen (secondary N) is 1. The molecule has 0 radical (unpaired) electrons. The topological polar surface area (TPSA) is 12.0 Å². The van der Waals surface area contributed by atoms with E-state index < -0.39 is 0 Å². The molecule has 1 heteroatoms. The Balaban J connectivity index is 1.95. The molecular formula is C13H25N. The Labute approximate surface area is 88.7 Å². The van der Waals surface area contributed by atoms with Crippen LogP contribution in [0.2, 0.25) is 0 Å². The first-order chi connectivity index (χ1) is 6.81. The van der Waals surface area contributed by atoms with E-state index in [4.69, 9.17) is 0 Å². The second-order valence-electron chi connectivity index (χ2n) is 5.40. The van der Waals surface area contributed by atoms with Crippen LogP contribution >= 0.6 is 0 Å². The molecule has 14 heavy (non-hydrogen) atoms. The van der Waals surface area contributed by atoms with Gasteiger partial charge in [0.25, 0.3) is 0 Å². The second-order valence-corrected chi connectivity index (χ2v) is 5.40. The molecule has 2 fully saturated rings. The SMILES string of the molecule is CCCC1CCCC2NC(C)CCC12. The Morgan fingerprint density at radius 3 is 2.79 bits per heavy atom. The first kappa shape index (κ1) is 10.5. The van der Waals surface area contributed by atoms with E-state index in [1.54, 1.807) is 0 Å². The largest absolute Gasteiger partial charge is 0.311 e. The maximum absolute atomic E-state index is 3.81. The number of piperidine rings is 1. The van der Waals surface area contributed by atoms with Crippen molar-refractivity contribution in [2.45, 2.75) is 70.9 Å². The van der Waals surface area contributed by atoms with Crippen molar-refractivity contribution in [2.75, 3.05) is 0 Å². The van der Waals surface area contributed by atoms with Crippen LogP contribution in [0.3, 0.4) is 0 Å². The zero-order valence-electron chi connectivity index (χ0n) is 9.76. The zero-order chi connectivity index (χ0) is 9.97. The van der Waals surface area contributed by atoms with Crippen LogP contribution in [0.1, 0.15) is 58.8 Å². The fourth-order valence-corrected chi connectivity index (χ4v) is 3.62. The molecule has 2 aliphatic rings. The summed E-state index contributed by atoms with van der Waals surface area (Å²) in [6.45, 7) is 4.68. The minimum Gasteiger partial charge on any atom is -0.311 e. The quantitative estimate of drug-likeness (QED) is 0.712. The van der Waals surface area contributed by atoms with Crippen molar-refractivity contribution >= 4 is 0 Å². The van der Waals surface area contributed by atoms with Crippen molar-refractivity contribution in [3.05, 3.63) is 0 Å². The van der Waals surface area contributed by atoms with Crippen molar-refractivity contribution in [1.82, 2.24) is 5.32 Å². The Bertz CT molecular complexity index is 169. The summed E-state index contributed by atoms with van der Waals surface area (Å²) in [5.74, 6) is 2.05. The Morgan fingerprint density at radius 1 is 1.14 bits per heavy atom. The van der Waals surface area contributed by atoms with Gasteiger partial charge < -0.3 is 5.32 Å². The van der Waals surface area contributed by atoms with Gasteiger partial charge in [0.05, 0.1) is 0 Å². The highest BCUT2D eigenvalue weighted by Gasteiger charge is 2.35. The lowest BCUT2D eigenvalue weighted by Gasteiger charge is -2.44. The predicted octanol–water partition coefficient (Wildman–Crippen LogP) is 3.34. The average molecular weight is 195 g/mol. The van der Waals surface area contributed by atoms with Crippen LogP contribution in [0.4, 0.5) is 0 Å². The number of rotatable bonds is 2. The molecule has 1 aliphatic carbocycles. The maximum atomic E-state index is 3.81. The lowest BCUT2D eigenvalue weighted by molar-refractivity contribution is 0.113. The lowest BCUT2D eigenvalue weighted by atomic mass is 9.69. The smallest absolute Gasteiger partial charge is 0.0100 e. The van der Waals surface area contributed by atoms with Crippen molar-refractivity contribution in [3.63, 3.8) is 0 Å². The van der Waals surface area contributed by atoms with Gasteiger partial charge in [0.2, 0.25) is 0 Å². The van der Waals surface area contributed by atoms with E-state index in [9.17, 15) is 0 Å². The van der Waals surface area contributed by atoms with Crippen LogP contribution in [-0.4, -0.2) is 12.1 Å². The van der Waals surface area contributed by atoms with Gasteiger partial charge in [-0.3, -0.25) is 0 Å². The molecule has 82 valence electrons. The molecule has 1 saturated heterocycles. The second kappa shape index (κ2) is 4.65. The van der Waals surface area contributed by atoms with Gasteiger partial charge >= 0.3 is 0 Å². The standard InChI is InChI=1S/C13H25N/c1-3-5-11-6-4-7-13-12(11)9-8-10(2)14-13/h10-14H,3-9H2,1-2H3. The fourth-order valence-electron chi connectivity index (χ4n) is 3.62. The van der Waals surface area contributed by atoms with E-state index in [1.165, 1.54) is 44.9 Å². The van der Waals surface area contributed by atoms with E-state index in [0.29, 0.717) is 0 Å². The van der Waals surface area contributed by atoms with E-state index >= 15 is 0 Å². The average Bonchev–Trinajstić information content (AvgIpc) is 2.18. The summed E-state index contributed by atoms with van der Waals surface area (Å²) in [7, 11) is 0. The van der Waals surface area contributed by atoms with Gasteiger partial charge in [0.1, 0.15) is 0 Å². The van der Waals surface area contributed by atoms with Gasteiger partial charge in [-0.1, -0.05) is 32.6 Å². The summed E-state index contributed by atoms with van der Waals surface area (Å²) in [6.07, 6.45) is 10.2. The van der Waals surface area contributed by atoms with Gasteiger partial charge in [0.15, 0.2) is 0 Å². The molecule has 0 spiro atoms. The Hall–Kier alpha value is -0.0400. The normalized spacial score (nSPS) is 43.3. The predicted molar refractivity (Wildman–Crippen MR) is 61.4 cm³/mol. The molecule has 0 aromatic rings. The number of hydrogen-bond acceptors (Lipinski definition) is 1. The van der Waals surface area contributed by atoms with E-state index in [2.05, 4.69) is 19.2 Å². The van der Waals surface area contributed by atoms with Gasteiger partial charge in [0, 0.05) is 12.1 Å². The van der Waals surface area contributed by atoms with Crippen LogP contribution in [0.5, 0.6) is 0 Å². The Kier molecular flexibility index (Phi) is 3.48. The summed E-state index contributed by atoms with van der Waals surface area (Å²) in [4.78, 5) is 0. The first-order valence-electron chi connectivity index (χ1n) is 6.57. The third-order valence-corrected chi connectivity index (χ3v) is 4.30. The highest BCUT2D eigenvalue weighted by molar-refractivity contribution is 4.91. The Morgan fingerprint density at radius 2 is 2.00 bits per heavy atom. The third-order valence-electron chi connectivity index (χ3n) is 4.30. The summed E-state index contributed by atoms with van der Waals surface area (Å²) in [5, 5.41) is 3.81. The monoisotopic (exact) mass is 195 g/mol. The summed E-state index contributed by atoms with van der Waals surface area (Å²) in [6, 6.07) is 1.64. The number of hydrogen-bond donors (Lipinski definition) is 1. The third kappa shape index (κ3) is 2.13.